The zero-order chi connectivity index (χ0) is 13.1. The molecule has 7 nitrogen and oxygen atoms in total. The van der Waals surface area contributed by atoms with E-state index in [9.17, 15) is 4.79 Å². The minimum atomic E-state index is -0.500. The van der Waals surface area contributed by atoms with Crippen LogP contribution in [0.1, 0.15) is 10.4 Å². The zero-order valence-corrected chi connectivity index (χ0v) is 9.42. The molecule has 92 valence electrons. The Morgan fingerprint density at radius 2 is 1.94 bits per heavy atom. The monoisotopic (exact) mass is 244 g/mol. The molecule has 0 unspecified atom stereocenters. The van der Waals surface area contributed by atoms with Crippen LogP contribution in [0.5, 0.6) is 0 Å². The number of benzene rings is 1. The molecule has 0 bridgehead atoms. The number of nitrogens with zero attached hydrogens (tertiary/aromatic N) is 2. The lowest BCUT2D eigenvalue weighted by Crippen LogP contribution is -2.11. The van der Waals surface area contributed by atoms with Crippen LogP contribution in [-0.4, -0.2) is 15.9 Å². The van der Waals surface area contributed by atoms with E-state index in [0.717, 1.165) is 0 Å². The summed E-state index contributed by atoms with van der Waals surface area (Å²) >= 11 is 0. The largest absolute Gasteiger partial charge is 0.383 e. The molecule has 0 aliphatic rings. The van der Waals surface area contributed by atoms with Crippen LogP contribution in [0.3, 0.4) is 0 Å². The van der Waals surface area contributed by atoms with Crippen molar-refractivity contribution in [3.05, 3.63) is 35.9 Å². The van der Waals surface area contributed by atoms with Crippen LogP contribution in [0.25, 0.3) is 0 Å². The summed E-state index contributed by atoms with van der Waals surface area (Å²) in [4.78, 5) is 18.8. The van der Waals surface area contributed by atoms with Crippen LogP contribution in [-0.2, 0) is 0 Å². The number of hydrogen-bond donors (Lipinski definition) is 4. The quantitative estimate of drug-likeness (QED) is 0.620. The molecular formula is C11H12N6O. The Labute approximate surface area is 103 Å². The Morgan fingerprint density at radius 3 is 2.61 bits per heavy atom. The molecule has 0 saturated carbocycles. The van der Waals surface area contributed by atoms with E-state index in [-0.39, 0.29) is 11.8 Å². The summed E-state index contributed by atoms with van der Waals surface area (Å²) < 4.78 is 0. The minimum absolute atomic E-state index is 0.0727. The molecule has 2 rings (SSSR count). The summed E-state index contributed by atoms with van der Waals surface area (Å²) in [7, 11) is 0. The number of rotatable bonds is 3. The highest BCUT2D eigenvalue weighted by atomic mass is 16.1. The van der Waals surface area contributed by atoms with E-state index in [0.29, 0.717) is 17.1 Å². The summed E-state index contributed by atoms with van der Waals surface area (Å²) in [6.07, 6.45) is 0. The summed E-state index contributed by atoms with van der Waals surface area (Å²) in [5.74, 6) is 0.279. The number of anilines is 4. The van der Waals surface area contributed by atoms with Crippen LogP contribution in [0.15, 0.2) is 30.3 Å². The Balaban J connectivity index is 2.28. The highest BCUT2D eigenvalue weighted by Crippen LogP contribution is 2.17. The van der Waals surface area contributed by atoms with Gasteiger partial charge in [0.25, 0.3) is 0 Å². The van der Waals surface area contributed by atoms with E-state index in [1.54, 1.807) is 24.3 Å². The number of amides is 1. The molecule has 18 heavy (non-hydrogen) atoms. The fourth-order valence-corrected chi connectivity index (χ4v) is 1.45. The van der Waals surface area contributed by atoms with Gasteiger partial charge in [-0.1, -0.05) is 6.07 Å². The first-order chi connectivity index (χ1) is 8.54. The van der Waals surface area contributed by atoms with Crippen LogP contribution < -0.4 is 22.5 Å². The molecule has 2 aromatic rings. The standard InChI is InChI=1S/C11H12N6O/c12-8-5-9(17-11(14)16-8)15-7-3-1-2-6(4-7)10(13)18/h1-5H,(H2,13,18)(H5,12,14,15,16,17). The number of carbonyl (C=O) groups excluding carboxylic acids is 1. The minimum Gasteiger partial charge on any atom is -0.383 e. The van der Waals surface area contributed by atoms with Gasteiger partial charge in [0.2, 0.25) is 11.9 Å². The Bertz CT molecular complexity index is 578. The van der Waals surface area contributed by atoms with E-state index < -0.39 is 5.91 Å². The van der Waals surface area contributed by atoms with Gasteiger partial charge in [-0.05, 0) is 18.2 Å². The van der Waals surface area contributed by atoms with Crippen LogP contribution in [0.2, 0.25) is 0 Å². The molecule has 0 saturated heterocycles. The normalized spacial score (nSPS) is 10.0. The lowest BCUT2D eigenvalue weighted by atomic mass is 10.2. The van der Waals surface area contributed by atoms with Gasteiger partial charge in [-0.2, -0.15) is 9.97 Å². The fourth-order valence-electron chi connectivity index (χ4n) is 1.45. The van der Waals surface area contributed by atoms with Crippen molar-refractivity contribution >= 4 is 29.2 Å². The molecule has 0 aliphatic carbocycles. The fraction of sp³-hybridized carbons (Fsp3) is 0. The van der Waals surface area contributed by atoms with Crippen molar-refractivity contribution < 1.29 is 4.79 Å². The van der Waals surface area contributed by atoms with Gasteiger partial charge in [-0.3, -0.25) is 4.79 Å². The highest BCUT2D eigenvalue weighted by Gasteiger charge is 2.03. The number of nitrogens with two attached hydrogens (primary N) is 3. The van der Waals surface area contributed by atoms with E-state index in [1.807, 2.05) is 0 Å². The number of aromatic nitrogens is 2. The maximum Gasteiger partial charge on any atom is 0.248 e. The molecule has 1 heterocycles. The second-order valence-electron chi connectivity index (χ2n) is 3.61. The third-order valence-corrected chi connectivity index (χ3v) is 2.18. The highest BCUT2D eigenvalue weighted by molar-refractivity contribution is 5.93. The number of nitrogens with one attached hydrogen (secondary N) is 1. The topological polar surface area (TPSA) is 133 Å². The van der Waals surface area contributed by atoms with Gasteiger partial charge < -0.3 is 22.5 Å². The Morgan fingerprint density at radius 1 is 1.17 bits per heavy atom. The predicted molar refractivity (Wildman–Crippen MR) is 69.1 cm³/mol. The van der Waals surface area contributed by atoms with Crippen molar-refractivity contribution in [2.45, 2.75) is 0 Å². The van der Waals surface area contributed by atoms with E-state index in [2.05, 4.69) is 15.3 Å². The van der Waals surface area contributed by atoms with Crippen LogP contribution in [0.4, 0.5) is 23.3 Å². The molecule has 1 aromatic carbocycles. The van der Waals surface area contributed by atoms with Crippen LogP contribution in [0, 0.1) is 0 Å². The zero-order valence-electron chi connectivity index (χ0n) is 9.42. The van der Waals surface area contributed by atoms with Crippen molar-refractivity contribution in [3.63, 3.8) is 0 Å². The Hall–Kier alpha value is -2.83. The molecule has 0 aliphatic heterocycles. The summed E-state index contributed by atoms with van der Waals surface area (Å²) in [6, 6.07) is 8.23. The van der Waals surface area contributed by atoms with E-state index in [4.69, 9.17) is 17.2 Å². The van der Waals surface area contributed by atoms with E-state index >= 15 is 0 Å². The van der Waals surface area contributed by atoms with Crippen molar-refractivity contribution in [1.82, 2.24) is 9.97 Å². The molecule has 1 amide bonds. The third kappa shape index (κ3) is 2.64. The average Bonchev–Trinajstić information content (AvgIpc) is 2.27. The Kier molecular flexibility index (Phi) is 2.96. The lowest BCUT2D eigenvalue weighted by molar-refractivity contribution is 0.100. The number of hydrogen-bond acceptors (Lipinski definition) is 6. The molecule has 0 spiro atoms. The SMILES string of the molecule is NC(=O)c1cccc(Nc2cc(N)nc(N)n2)c1. The molecule has 0 radical (unpaired) electrons. The van der Waals surface area contributed by atoms with Gasteiger partial charge in [-0.15, -0.1) is 0 Å². The maximum atomic E-state index is 11.0. The van der Waals surface area contributed by atoms with Gasteiger partial charge in [0.15, 0.2) is 0 Å². The molecule has 0 fully saturated rings. The van der Waals surface area contributed by atoms with Gasteiger partial charge in [0.1, 0.15) is 11.6 Å². The lowest BCUT2D eigenvalue weighted by Gasteiger charge is -2.07. The van der Waals surface area contributed by atoms with Gasteiger partial charge >= 0.3 is 0 Å². The molecule has 7 heteroatoms. The van der Waals surface area contributed by atoms with Gasteiger partial charge in [0, 0.05) is 17.3 Å². The number of nitrogen functional groups attached to an aromatic ring is 2. The first kappa shape index (κ1) is 11.6. The summed E-state index contributed by atoms with van der Waals surface area (Å²) in [6.45, 7) is 0. The third-order valence-electron chi connectivity index (χ3n) is 2.18. The summed E-state index contributed by atoms with van der Waals surface area (Å²) in [5.41, 5.74) is 17.3. The predicted octanol–water partition coefficient (Wildman–Crippen LogP) is 0.483. The van der Waals surface area contributed by atoms with Crippen LogP contribution >= 0.6 is 0 Å². The molecule has 0 atom stereocenters. The van der Waals surface area contributed by atoms with Gasteiger partial charge in [-0.25, -0.2) is 0 Å². The van der Waals surface area contributed by atoms with Crippen molar-refractivity contribution in [2.24, 2.45) is 5.73 Å². The smallest absolute Gasteiger partial charge is 0.248 e. The van der Waals surface area contributed by atoms with Crippen molar-refractivity contribution in [1.29, 1.82) is 0 Å². The second-order valence-corrected chi connectivity index (χ2v) is 3.61. The van der Waals surface area contributed by atoms with Crippen molar-refractivity contribution in [2.75, 3.05) is 16.8 Å². The second kappa shape index (κ2) is 4.58. The summed E-state index contributed by atoms with van der Waals surface area (Å²) in [5, 5.41) is 2.96. The van der Waals surface area contributed by atoms with E-state index in [1.165, 1.54) is 6.07 Å². The van der Waals surface area contributed by atoms with Gasteiger partial charge in [0.05, 0.1) is 0 Å². The maximum absolute atomic E-state index is 11.0. The molecular weight excluding hydrogens is 232 g/mol. The van der Waals surface area contributed by atoms with Crippen molar-refractivity contribution in [3.8, 4) is 0 Å². The average molecular weight is 244 g/mol. The first-order valence-electron chi connectivity index (χ1n) is 5.11. The molecule has 1 aromatic heterocycles. The number of carbonyl (C=O) groups is 1. The first-order valence-corrected chi connectivity index (χ1v) is 5.11. The molecule has 7 N–H and O–H groups in total. The number of primary amides is 1.